The van der Waals surface area contributed by atoms with Crippen LogP contribution in [0.15, 0.2) is 173 Å². The van der Waals surface area contributed by atoms with E-state index in [2.05, 4.69) is 54.6 Å². The van der Waals surface area contributed by atoms with E-state index in [4.69, 9.17) is 4.42 Å². The van der Waals surface area contributed by atoms with Gasteiger partial charge in [0.05, 0.1) is 0 Å². The summed E-state index contributed by atoms with van der Waals surface area (Å²) in [4.78, 5) is -1.86. The number of para-hydroxylation sites is 1. The first-order chi connectivity index (χ1) is 25.5. The number of benzene rings is 9. The van der Waals surface area contributed by atoms with Gasteiger partial charge in [0, 0.05) is 32.7 Å². The Kier molecular flexibility index (Phi) is 6.22. The van der Waals surface area contributed by atoms with Crippen molar-refractivity contribution in [2.75, 3.05) is 0 Å². The summed E-state index contributed by atoms with van der Waals surface area (Å²) in [6.07, 6.45) is 0. The molecule has 1 nitrogen and oxygen atoms in total. The Bertz CT molecular complexity index is 3040. The molecule has 7 heteroatoms. The summed E-state index contributed by atoms with van der Waals surface area (Å²) in [5, 5.41) is 5.05. The van der Waals surface area contributed by atoms with E-state index in [1.165, 1.54) is 24.3 Å². The summed E-state index contributed by atoms with van der Waals surface area (Å²) in [6, 6.07) is 49.8. The van der Waals surface area contributed by atoms with Crippen molar-refractivity contribution in [3.05, 3.63) is 164 Å². The van der Waals surface area contributed by atoms with Crippen LogP contribution >= 0.6 is 10.2 Å². The van der Waals surface area contributed by atoms with E-state index in [0.29, 0.717) is 22.3 Å². The summed E-state index contributed by atoms with van der Waals surface area (Å²) >= 11 is 0. The lowest BCUT2D eigenvalue weighted by Gasteiger charge is -2.42. The molecule has 1 heterocycles. The predicted octanol–water partition coefficient (Wildman–Crippen LogP) is 15.9. The fraction of sp³-hybridized carbons (Fsp3) is 0. The van der Waals surface area contributed by atoms with E-state index in [1.807, 2.05) is 54.6 Å². The molecule has 0 amide bonds. The van der Waals surface area contributed by atoms with Crippen LogP contribution in [-0.4, -0.2) is 0 Å². The fourth-order valence-electron chi connectivity index (χ4n) is 8.30. The van der Waals surface area contributed by atoms with Gasteiger partial charge in [-0.1, -0.05) is 171 Å². The molecule has 0 bridgehead atoms. The van der Waals surface area contributed by atoms with Crippen LogP contribution in [0.4, 0.5) is 19.4 Å². The largest absolute Gasteiger partial charge is 0.455 e. The van der Waals surface area contributed by atoms with E-state index in [0.717, 1.165) is 66.7 Å². The Morgan fingerprint density at radius 1 is 0.340 bits per heavy atom. The molecule has 0 aliphatic carbocycles. The maximum Gasteiger partial charge on any atom is 0.311 e. The molecule has 0 fully saturated rings. The van der Waals surface area contributed by atoms with Crippen molar-refractivity contribution < 1.29 is 23.8 Å². The minimum Gasteiger partial charge on any atom is -0.455 e. The van der Waals surface area contributed by atoms with Gasteiger partial charge < -0.3 is 4.42 Å². The van der Waals surface area contributed by atoms with Crippen molar-refractivity contribution in [1.29, 1.82) is 0 Å². The highest BCUT2D eigenvalue weighted by Crippen LogP contribution is 3.03. The van der Waals surface area contributed by atoms with Gasteiger partial charge >= 0.3 is 10.2 Å². The lowest BCUT2D eigenvalue weighted by Crippen LogP contribution is -2.08. The Morgan fingerprint density at radius 2 is 0.774 bits per heavy atom. The third-order valence-corrected chi connectivity index (χ3v) is 11.5. The van der Waals surface area contributed by atoms with Crippen LogP contribution in [0.2, 0.25) is 0 Å². The molecule has 0 N–H and O–H groups in total. The molecule has 0 unspecified atom stereocenters. The Labute approximate surface area is 300 Å². The molecule has 258 valence electrons. The number of halogens is 5. The number of hydrogen-bond acceptors (Lipinski definition) is 1. The van der Waals surface area contributed by atoms with E-state index in [1.54, 1.807) is 18.2 Å². The maximum atomic E-state index is 14.8. The maximum absolute atomic E-state index is 14.8. The molecule has 1 aromatic heterocycles. The summed E-state index contributed by atoms with van der Waals surface area (Å²) in [7, 11) is -10.1. The van der Waals surface area contributed by atoms with Gasteiger partial charge in [0.2, 0.25) is 0 Å². The topological polar surface area (TPSA) is 13.1 Å². The molecule has 0 spiro atoms. The first-order valence-electron chi connectivity index (χ1n) is 17.1. The van der Waals surface area contributed by atoms with Crippen LogP contribution in [0.5, 0.6) is 0 Å². The summed E-state index contributed by atoms with van der Waals surface area (Å²) in [5.74, 6) is 0. The van der Waals surface area contributed by atoms with Crippen molar-refractivity contribution in [2.45, 2.75) is 4.90 Å². The highest BCUT2D eigenvalue weighted by Gasteiger charge is 2.67. The lowest BCUT2D eigenvalue weighted by atomic mass is 9.86. The molecule has 0 atom stereocenters. The fourth-order valence-corrected chi connectivity index (χ4v) is 9.49. The first kappa shape index (κ1) is 31.5. The van der Waals surface area contributed by atoms with E-state index in [9.17, 15) is 19.4 Å². The quantitative estimate of drug-likeness (QED) is 0.130. The second-order valence-electron chi connectivity index (χ2n) is 13.5. The van der Waals surface area contributed by atoms with Crippen LogP contribution in [0.3, 0.4) is 0 Å². The molecule has 0 saturated heterocycles. The Balaban J connectivity index is 1.26. The van der Waals surface area contributed by atoms with E-state index in [-0.39, 0.29) is 10.8 Å². The molecular formula is C46H27F5OS. The van der Waals surface area contributed by atoms with Gasteiger partial charge in [-0.15, -0.1) is 0 Å². The van der Waals surface area contributed by atoms with Gasteiger partial charge in [-0.2, -0.15) is 0 Å². The molecule has 0 radical (unpaired) electrons. The van der Waals surface area contributed by atoms with E-state index < -0.39 is 25.9 Å². The zero-order valence-corrected chi connectivity index (χ0v) is 28.6. The van der Waals surface area contributed by atoms with Crippen LogP contribution in [0.1, 0.15) is 0 Å². The lowest BCUT2D eigenvalue weighted by molar-refractivity contribution is 0.367. The molecule has 9 aromatic carbocycles. The Morgan fingerprint density at radius 3 is 1.28 bits per heavy atom. The Hall–Kier alpha value is -6.18. The second-order valence-corrected chi connectivity index (χ2v) is 15.8. The standard InChI is InChI=1S/C46H27F5OS/c47-53(48,49,50,51)46-38-21-10-8-19-35(38)44(36-20-9-11-22-39(36)46)40-24-12-23-37-30-26-25-29(27-41(30)52-45(37)40)43-33-17-6-4-15-31(33)42(28-13-2-1-3-14-28)32-16-5-7-18-34(32)43/h1-27H. The molecular weight excluding hydrogens is 696 g/mol. The monoisotopic (exact) mass is 722 g/mol. The van der Waals surface area contributed by atoms with Gasteiger partial charge in [-0.05, 0) is 66.7 Å². The predicted molar refractivity (Wildman–Crippen MR) is 211 cm³/mol. The summed E-state index contributed by atoms with van der Waals surface area (Å²) < 4.78 is 80.7. The van der Waals surface area contributed by atoms with Crippen LogP contribution < -0.4 is 0 Å². The van der Waals surface area contributed by atoms with Crippen molar-refractivity contribution in [3.63, 3.8) is 0 Å². The van der Waals surface area contributed by atoms with Crippen LogP contribution in [0.25, 0.3) is 98.4 Å². The normalized spacial score (nSPS) is 13.7. The number of rotatable bonds is 4. The van der Waals surface area contributed by atoms with Crippen molar-refractivity contribution >= 4 is 75.3 Å². The van der Waals surface area contributed by atoms with E-state index >= 15 is 0 Å². The zero-order valence-electron chi connectivity index (χ0n) is 27.8. The second kappa shape index (κ2) is 10.5. The zero-order chi connectivity index (χ0) is 36.2. The van der Waals surface area contributed by atoms with Crippen LogP contribution in [0, 0.1) is 0 Å². The summed E-state index contributed by atoms with van der Waals surface area (Å²) in [5.41, 5.74) is 6.27. The third-order valence-electron chi connectivity index (χ3n) is 10.3. The number of fused-ring (bicyclic) bond motifs is 7. The molecule has 0 aliphatic rings. The van der Waals surface area contributed by atoms with Crippen LogP contribution in [-0.2, 0) is 0 Å². The smallest absolute Gasteiger partial charge is 0.311 e. The minimum atomic E-state index is -10.1. The number of furan rings is 1. The highest BCUT2D eigenvalue weighted by atomic mass is 32.5. The van der Waals surface area contributed by atoms with Gasteiger partial charge in [0.25, 0.3) is 0 Å². The SMILES string of the molecule is FS(F)(F)(F)(F)c1c2ccccc2c(-c2cccc3c2oc2cc(-c4c5ccccc5c(-c5ccccc5)c5ccccc45)ccc23)c2ccccc12. The minimum absolute atomic E-state index is 0.0690. The van der Waals surface area contributed by atoms with Gasteiger partial charge in [-0.25, -0.2) is 0 Å². The average Bonchev–Trinajstić information content (AvgIpc) is 3.53. The summed E-state index contributed by atoms with van der Waals surface area (Å²) in [6.45, 7) is 0. The van der Waals surface area contributed by atoms with Gasteiger partial charge in [-0.3, -0.25) is 0 Å². The molecule has 0 saturated carbocycles. The van der Waals surface area contributed by atoms with Crippen molar-refractivity contribution in [3.8, 4) is 33.4 Å². The van der Waals surface area contributed by atoms with Gasteiger partial charge in [0.15, 0.2) is 0 Å². The van der Waals surface area contributed by atoms with Gasteiger partial charge in [0.1, 0.15) is 16.1 Å². The molecule has 0 aliphatic heterocycles. The molecule has 10 aromatic rings. The average molecular weight is 723 g/mol. The number of hydrogen-bond donors (Lipinski definition) is 0. The molecule has 53 heavy (non-hydrogen) atoms. The first-order valence-corrected chi connectivity index (χ1v) is 19.0. The van der Waals surface area contributed by atoms with Crippen molar-refractivity contribution in [1.82, 2.24) is 0 Å². The third kappa shape index (κ3) is 4.84. The highest BCUT2D eigenvalue weighted by molar-refractivity contribution is 8.46. The molecule has 10 rings (SSSR count). The van der Waals surface area contributed by atoms with Crippen molar-refractivity contribution in [2.24, 2.45) is 0 Å².